The van der Waals surface area contributed by atoms with Crippen molar-refractivity contribution in [2.75, 3.05) is 5.48 Å². The highest BCUT2D eigenvalue weighted by molar-refractivity contribution is 7.67. The first-order chi connectivity index (χ1) is 18.5. The van der Waals surface area contributed by atoms with Crippen molar-refractivity contribution >= 4 is 40.0 Å². The standard InChI is InChI=1S/C27H34N4O6S2/c1-5-20-17-38-25(28-20)23(16-19-11-13-21(14-12-19)31-37-39(34)35)29-24(32)22(15-18-9-7-6-8-10-18)30-26(33)36-27(2,3)4/h6-14,17,22-23,31,39H,5,15-16H2,1-4H3,(H,29,32)(H,30,33)/t22-,23-/m0/s1. The summed E-state index contributed by atoms with van der Waals surface area (Å²) in [5.41, 5.74) is 4.78. The first-order valence-electron chi connectivity index (χ1n) is 12.5. The van der Waals surface area contributed by atoms with Crippen LogP contribution in [-0.4, -0.2) is 37.0 Å². The lowest BCUT2D eigenvalue weighted by Crippen LogP contribution is -2.50. The van der Waals surface area contributed by atoms with E-state index in [4.69, 9.17) is 4.74 Å². The Labute approximate surface area is 234 Å². The van der Waals surface area contributed by atoms with Crippen molar-refractivity contribution in [1.82, 2.24) is 15.6 Å². The molecule has 0 spiro atoms. The summed E-state index contributed by atoms with van der Waals surface area (Å²) in [6, 6.07) is 15.0. The Morgan fingerprint density at radius 2 is 1.64 bits per heavy atom. The number of amides is 2. The van der Waals surface area contributed by atoms with Crippen LogP contribution >= 0.6 is 11.3 Å². The zero-order valence-electron chi connectivity index (χ0n) is 22.3. The Morgan fingerprint density at radius 1 is 0.974 bits per heavy atom. The predicted molar refractivity (Wildman–Crippen MR) is 151 cm³/mol. The number of hydrogen-bond acceptors (Lipinski definition) is 9. The van der Waals surface area contributed by atoms with Crippen LogP contribution in [0.3, 0.4) is 0 Å². The fourth-order valence-corrected chi connectivity index (χ4v) is 4.79. The third-order valence-corrected chi connectivity index (χ3v) is 6.72. The van der Waals surface area contributed by atoms with Crippen LogP contribution in [0.15, 0.2) is 60.0 Å². The molecule has 210 valence electrons. The smallest absolute Gasteiger partial charge is 0.408 e. The quantitative estimate of drug-likeness (QED) is 0.187. The minimum Gasteiger partial charge on any atom is -0.444 e. The van der Waals surface area contributed by atoms with Gasteiger partial charge in [-0.2, -0.15) is 4.28 Å². The number of benzene rings is 2. The van der Waals surface area contributed by atoms with E-state index in [1.807, 2.05) is 42.6 Å². The third kappa shape index (κ3) is 10.3. The molecule has 2 amide bonds. The lowest BCUT2D eigenvalue weighted by Gasteiger charge is -2.25. The Morgan fingerprint density at radius 3 is 2.23 bits per heavy atom. The van der Waals surface area contributed by atoms with Crippen LogP contribution < -0.4 is 16.1 Å². The topological polar surface area (TPSA) is 136 Å². The number of carbonyl (C=O) groups excluding carboxylic acids is 2. The second-order valence-electron chi connectivity index (χ2n) is 9.80. The van der Waals surface area contributed by atoms with E-state index >= 15 is 0 Å². The Balaban J connectivity index is 1.82. The maximum Gasteiger partial charge on any atom is 0.408 e. The van der Waals surface area contributed by atoms with Gasteiger partial charge < -0.3 is 15.4 Å². The molecule has 0 unspecified atom stereocenters. The number of nitrogens with zero attached hydrogens (tertiary/aromatic N) is 1. The number of carbonyl (C=O) groups is 2. The Hall–Kier alpha value is -3.48. The largest absolute Gasteiger partial charge is 0.444 e. The van der Waals surface area contributed by atoms with Gasteiger partial charge in [0, 0.05) is 11.8 Å². The van der Waals surface area contributed by atoms with E-state index in [1.54, 1.807) is 45.0 Å². The number of anilines is 1. The van der Waals surface area contributed by atoms with E-state index in [1.165, 1.54) is 11.3 Å². The Bertz CT molecular complexity index is 1300. The lowest BCUT2D eigenvalue weighted by atomic mass is 10.0. The normalized spacial score (nSPS) is 12.9. The molecule has 0 saturated carbocycles. The second-order valence-corrected chi connectivity index (χ2v) is 11.3. The zero-order chi connectivity index (χ0) is 28.4. The summed E-state index contributed by atoms with van der Waals surface area (Å²) in [6.45, 7) is 7.29. The van der Waals surface area contributed by atoms with Gasteiger partial charge in [-0.3, -0.25) is 4.79 Å². The minimum atomic E-state index is -3.03. The van der Waals surface area contributed by atoms with Gasteiger partial charge in [0.1, 0.15) is 16.7 Å². The minimum absolute atomic E-state index is 0.277. The molecule has 2 atom stereocenters. The average molecular weight is 575 g/mol. The number of nitrogens with one attached hydrogen (secondary N) is 3. The van der Waals surface area contributed by atoms with Gasteiger partial charge in [-0.15, -0.1) is 11.3 Å². The summed E-state index contributed by atoms with van der Waals surface area (Å²) in [5.74, 6) is -0.367. The molecule has 1 aromatic heterocycles. The SMILES string of the molecule is CCc1csc([C@H](Cc2ccc(NO[SH](=O)=O)cc2)NC(=O)[C@H](Cc2ccccc2)NC(=O)OC(C)(C)C)n1. The maximum atomic E-state index is 13.6. The van der Waals surface area contributed by atoms with Gasteiger partial charge in [-0.1, -0.05) is 49.4 Å². The number of aromatic nitrogens is 1. The average Bonchev–Trinajstić information content (AvgIpc) is 3.36. The summed E-state index contributed by atoms with van der Waals surface area (Å²) in [6.07, 6.45) is 0.780. The summed E-state index contributed by atoms with van der Waals surface area (Å²) >= 11 is 1.46. The molecule has 0 aliphatic carbocycles. The number of ether oxygens (including phenoxy) is 1. The fourth-order valence-electron chi connectivity index (χ4n) is 3.66. The molecule has 10 nitrogen and oxygen atoms in total. The second kappa shape index (κ2) is 14.1. The first-order valence-corrected chi connectivity index (χ1v) is 14.4. The number of aryl methyl sites for hydroxylation is 1. The van der Waals surface area contributed by atoms with Gasteiger partial charge in [-0.05, 0) is 56.9 Å². The van der Waals surface area contributed by atoms with Crippen LogP contribution in [-0.2, 0) is 44.1 Å². The fraction of sp³-hybridized carbons (Fsp3) is 0.370. The number of rotatable bonds is 12. The van der Waals surface area contributed by atoms with Gasteiger partial charge >= 0.3 is 6.09 Å². The predicted octanol–water partition coefficient (Wildman–Crippen LogP) is 4.11. The first kappa shape index (κ1) is 30.1. The monoisotopic (exact) mass is 574 g/mol. The highest BCUT2D eigenvalue weighted by Gasteiger charge is 2.28. The highest BCUT2D eigenvalue weighted by atomic mass is 32.2. The molecule has 2 aromatic carbocycles. The van der Waals surface area contributed by atoms with E-state index < -0.39 is 34.8 Å². The zero-order valence-corrected chi connectivity index (χ0v) is 24.0. The van der Waals surface area contributed by atoms with Gasteiger partial charge in [0.25, 0.3) is 11.0 Å². The maximum absolute atomic E-state index is 13.6. The van der Waals surface area contributed by atoms with Crippen molar-refractivity contribution in [2.45, 2.75) is 64.6 Å². The van der Waals surface area contributed by atoms with Crippen molar-refractivity contribution in [3.8, 4) is 0 Å². The van der Waals surface area contributed by atoms with Gasteiger partial charge in [0.05, 0.1) is 17.4 Å². The lowest BCUT2D eigenvalue weighted by molar-refractivity contribution is -0.124. The summed E-state index contributed by atoms with van der Waals surface area (Å²) < 4.78 is 31.1. The molecule has 3 rings (SSSR count). The van der Waals surface area contributed by atoms with Crippen LogP contribution in [0.1, 0.15) is 55.6 Å². The molecule has 0 fully saturated rings. The Kier molecular flexibility index (Phi) is 10.8. The molecule has 1 heterocycles. The van der Waals surface area contributed by atoms with Crippen LogP contribution in [0, 0.1) is 0 Å². The summed E-state index contributed by atoms with van der Waals surface area (Å²) in [5, 5.41) is 8.51. The van der Waals surface area contributed by atoms with Crippen molar-refractivity contribution < 1.29 is 27.0 Å². The molecule has 0 aliphatic heterocycles. The summed E-state index contributed by atoms with van der Waals surface area (Å²) in [7, 11) is -3.03. The summed E-state index contributed by atoms with van der Waals surface area (Å²) in [4.78, 5) is 30.9. The van der Waals surface area contributed by atoms with Gasteiger partial charge in [0.2, 0.25) is 5.91 Å². The number of hydrogen-bond donors (Lipinski definition) is 4. The molecule has 0 saturated heterocycles. The van der Waals surface area contributed by atoms with E-state index in [9.17, 15) is 18.0 Å². The van der Waals surface area contributed by atoms with E-state index in [0.717, 1.165) is 28.2 Å². The highest BCUT2D eigenvalue weighted by Crippen LogP contribution is 2.24. The molecular weight excluding hydrogens is 540 g/mol. The molecule has 0 radical (unpaired) electrons. The van der Waals surface area contributed by atoms with E-state index in [2.05, 4.69) is 25.4 Å². The third-order valence-electron chi connectivity index (χ3n) is 5.47. The number of thiol groups is 1. The van der Waals surface area contributed by atoms with Crippen molar-refractivity contribution in [3.05, 3.63) is 81.8 Å². The molecule has 12 heteroatoms. The molecular formula is C27H34N4O6S2. The van der Waals surface area contributed by atoms with Gasteiger partial charge in [-0.25, -0.2) is 23.7 Å². The molecule has 0 bridgehead atoms. The van der Waals surface area contributed by atoms with Crippen LogP contribution in [0.5, 0.6) is 0 Å². The molecule has 39 heavy (non-hydrogen) atoms. The van der Waals surface area contributed by atoms with Crippen LogP contribution in [0.25, 0.3) is 0 Å². The van der Waals surface area contributed by atoms with Crippen LogP contribution in [0.2, 0.25) is 0 Å². The molecule has 3 N–H and O–H groups in total. The van der Waals surface area contributed by atoms with Gasteiger partial charge in [0.15, 0.2) is 0 Å². The molecule has 3 aromatic rings. The number of alkyl carbamates (subject to hydrolysis) is 1. The van der Waals surface area contributed by atoms with Crippen molar-refractivity contribution in [1.29, 1.82) is 0 Å². The molecule has 0 aliphatic rings. The van der Waals surface area contributed by atoms with Crippen molar-refractivity contribution in [3.63, 3.8) is 0 Å². The van der Waals surface area contributed by atoms with E-state index in [-0.39, 0.29) is 12.3 Å². The number of thiazole rings is 1. The van der Waals surface area contributed by atoms with E-state index in [0.29, 0.717) is 12.1 Å². The van der Waals surface area contributed by atoms with Crippen molar-refractivity contribution in [2.24, 2.45) is 0 Å². The van der Waals surface area contributed by atoms with Crippen LogP contribution in [0.4, 0.5) is 10.5 Å².